The number of hydrogen-bond acceptors (Lipinski definition) is 4. The van der Waals surface area contributed by atoms with Crippen molar-refractivity contribution in [2.45, 2.75) is 42.8 Å². The van der Waals surface area contributed by atoms with E-state index in [4.69, 9.17) is 4.74 Å². The highest BCUT2D eigenvalue weighted by molar-refractivity contribution is 7.99. The Morgan fingerprint density at radius 3 is 2.41 bits per heavy atom. The van der Waals surface area contributed by atoms with E-state index >= 15 is 0 Å². The molecule has 1 fully saturated rings. The number of carbonyl (C=O) groups is 1. The van der Waals surface area contributed by atoms with Crippen molar-refractivity contribution < 1.29 is 14.6 Å². The number of likely N-dealkylation sites (tertiary alicyclic amines) is 1. The Morgan fingerprint density at radius 2 is 1.62 bits per heavy atom. The average Bonchev–Trinajstić information content (AvgIpc) is 2.95. The summed E-state index contributed by atoms with van der Waals surface area (Å²) in [5, 5.41) is 14.0. The molecular formula is C32H32NO3S-. The fourth-order valence-electron chi connectivity index (χ4n) is 5.08. The van der Waals surface area contributed by atoms with E-state index in [0.29, 0.717) is 19.7 Å². The van der Waals surface area contributed by atoms with Crippen LogP contribution in [0.5, 0.6) is 0 Å². The molecule has 1 aliphatic heterocycles. The second-order valence-electron chi connectivity index (χ2n) is 9.64. The summed E-state index contributed by atoms with van der Waals surface area (Å²) < 4.78 is 6.38. The monoisotopic (exact) mass is 510 g/mol. The van der Waals surface area contributed by atoms with Gasteiger partial charge in [0.15, 0.2) is 0 Å². The van der Waals surface area contributed by atoms with Gasteiger partial charge in [-0.25, -0.2) is 0 Å². The lowest BCUT2D eigenvalue weighted by atomic mass is 9.86. The normalized spacial score (nSPS) is 17.7. The lowest BCUT2D eigenvalue weighted by molar-refractivity contribution is -0.268. The van der Waals surface area contributed by atoms with Gasteiger partial charge in [0.05, 0.1) is 12.7 Å². The SMILES string of the molecule is O=C([O-])N1CCC(c2ccc(CCCSc3ccccc3)cc2)C(OCc2ccc3ccccc3c2)C1. The van der Waals surface area contributed by atoms with Gasteiger partial charge in [0.2, 0.25) is 0 Å². The van der Waals surface area contributed by atoms with E-state index in [2.05, 4.69) is 78.9 Å². The zero-order valence-electron chi connectivity index (χ0n) is 20.9. The van der Waals surface area contributed by atoms with Gasteiger partial charge in [0.1, 0.15) is 6.09 Å². The van der Waals surface area contributed by atoms with Crippen molar-refractivity contribution in [3.05, 3.63) is 114 Å². The van der Waals surface area contributed by atoms with Crippen LogP contribution in [0.3, 0.4) is 0 Å². The van der Waals surface area contributed by atoms with E-state index in [0.717, 1.165) is 30.6 Å². The van der Waals surface area contributed by atoms with Crippen LogP contribution in [0.1, 0.15) is 35.4 Å². The third kappa shape index (κ3) is 6.73. The Labute approximate surface area is 223 Å². The van der Waals surface area contributed by atoms with E-state index in [9.17, 15) is 9.90 Å². The minimum Gasteiger partial charge on any atom is -0.530 e. The van der Waals surface area contributed by atoms with Gasteiger partial charge in [-0.1, -0.05) is 78.9 Å². The first-order valence-corrected chi connectivity index (χ1v) is 14.0. The van der Waals surface area contributed by atoms with Gasteiger partial charge in [0.25, 0.3) is 0 Å². The van der Waals surface area contributed by atoms with E-state index in [1.54, 1.807) is 0 Å². The number of aryl methyl sites for hydroxylation is 1. The molecule has 0 spiro atoms. The number of fused-ring (bicyclic) bond motifs is 1. The molecule has 1 saturated heterocycles. The van der Waals surface area contributed by atoms with Crippen LogP contribution in [-0.2, 0) is 17.8 Å². The number of nitrogens with zero attached hydrogens (tertiary/aromatic N) is 1. The standard InChI is InChI=1S/C32H33NO3S/c34-32(35)33-19-18-30(31(22-33)36-23-25-14-15-26-8-4-5-9-28(26)21-25)27-16-12-24(13-17-27)7-6-20-37-29-10-2-1-3-11-29/h1-5,8-17,21,30-31H,6-7,18-20,22-23H2,(H,34,35)/p-1. The van der Waals surface area contributed by atoms with Crippen LogP contribution in [0.2, 0.25) is 0 Å². The number of benzene rings is 4. The van der Waals surface area contributed by atoms with Crippen molar-refractivity contribution in [2.75, 3.05) is 18.8 Å². The molecule has 0 aromatic heterocycles. The summed E-state index contributed by atoms with van der Waals surface area (Å²) in [4.78, 5) is 14.3. The van der Waals surface area contributed by atoms with Crippen LogP contribution < -0.4 is 5.11 Å². The molecule has 37 heavy (non-hydrogen) atoms. The predicted octanol–water partition coefficient (Wildman–Crippen LogP) is 6.28. The molecule has 2 atom stereocenters. The van der Waals surface area contributed by atoms with Gasteiger partial charge in [0, 0.05) is 23.9 Å². The van der Waals surface area contributed by atoms with Crippen molar-refractivity contribution >= 4 is 28.6 Å². The quantitative estimate of drug-likeness (QED) is 0.196. The highest BCUT2D eigenvalue weighted by atomic mass is 32.2. The molecule has 5 rings (SSSR count). The van der Waals surface area contributed by atoms with Crippen LogP contribution in [0.4, 0.5) is 4.79 Å². The van der Waals surface area contributed by atoms with Gasteiger partial charge < -0.3 is 19.5 Å². The number of ether oxygens (including phenoxy) is 1. The molecule has 4 aromatic carbocycles. The van der Waals surface area contributed by atoms with Crippen LogP contribution in [0.25, 0.3) is 10.8 Å². The Hall–Kier alpha value is -3.28. The fraction of sp³-hybridized carbons (Fsp3) is 0.281. The number of carboxylic acid groups (broad SMARTS) is 1. The summed E-state index contributed by atoms with van der Waals surface area (Å²) in [6, 6.07) is 34.0. The van der Waals surface area contributed by atoms with Gasteiger partial charge >= 0.3 is 0 Å². The summed E-state index contributed by atoms with van der Waals surface area (Å²) in [6.07, 6.45) is 1.56. The number of rotatable bonds is 9. The zero-order chi connectivity index (χ0) is 25.5. The molecule has 0 aliphatic carbocycles. The molecule has 2 unspecified atom stereocenters. The maximum Gasteiger partial charge on any atom is 0.137 e. The average molecular weight is 511 g/mol. The highest BCUT2D eigenvalue weighted by Crippen LogP contribution is 2.32. The van der Waals surface area contributed by atoms with Crippen LogP contribution in [0.15, 0.2) is 102 Å². The van der Waals surface area contributed by atoms with Crippen molar-refractivity contribution in [2.24, 2.45) is 0 Å². The summed E-state index contributed by atoms with van der Waals surface area (Å²) in [5.74, 6) is 1.25. The third-order valence-corrected chi connectivity index (χ3v) is 8.22. The Kier molecular flexibility index (Phi) is 8.44. The lowest BCUT2D eigenvalue weighted by Gasteiger charge is -2.40. The topological polar surface area (TPSA) is 52.6 Å². The molecule has 1 aliphatic rings. The number of amides is 1. The number of hydrogen-bond donors (Lipinski definition) is 0. The Morgan fingerprint density at radius 1 is 0.892 bits per heavy atom. The fourth-order valence-corrected chi connectivity index (χ4v) is 5.95. The predicted molar refractivity (Wildman–Crippen MR) is 149 cm³/mol. The maximum absolute atomic E-state index is 11.6. The third-order valence-electron chi connectivity index (χ3n) is 7.12. The molecule has 4 nitrogen and oxygen atoms in total. The minimum atomic E-state index is -1.12. The van der Waals surface area contributed by atoms with Crippen LogP contribution in [0, 0.1) is 0 Å². The molecule has 0 saturated carbocycles. The number of carbonyl (C=O) groups excluding carboxylic acids is 1. The molecule has 5 heteroatoms. The molecule has 190 valence electrons. The van der Waals surface area contributed by atoms with E-state index in [1.807, 2.05) is 30.0 Å². The summed E-state index contributed by atoms with van der Waals surface area (Å²) in [6.45, 7) is 1.25. The smallest absolute Gasteiger partial charge is 0.137 e. The molecule has 1 amide bonds. The first-order chi connectivity index (χ1) is 18.2. The molecule has 0 N–H and O–H groups in total. The zero-order valence-corrected chi connectivity index (χ0v) is 21.7. The maximum atomic E-state index is 11.6. The van der Waals surface area contributed by atoms with Crippen molar-refractivity contribution in [3.63, 3.8) is 0 Å². The second kappa shape index (κ2) is 12.3. The summed E-state index contributed by atoms with van der Waals surface area (Å²) in [7, 11) is 0. The lowest BCUT2D eigenvalue weighted by Crippen LogP contribution is -2.51. The van der Waals surface area contributed by atoms with Gasteiger partial charge in [-0.2, -0.15) is 0 Å². The van der Waals surface area contributed by atoms with Crippen molar-refractivity contribution in [1.82, 2.24) is 4.90 Å². The van der Waals surface area contributed by atoms with Gasteiger partial charge in [-0.15, -0.1) is 11.8 Å². The number of piperidine rings is 1. The first-order valence-electron chi connectivity index (χ1n) is 13.0. The summed E-state index contributed by atoms with van der Waals surface area (Å²) in [5.41, 5.74) is 3.63. The van der Waals surface area contributed by atoms with E-state index in [-0.39, 0.29) is 12.0 Å². The van der Waals surface area contributed by atoms with Crippen molar-refractivity contribution in [1.29, 1.82) is 0 Å². The molecular weight excluding hydrogens is 478 g/mol. The van der Waals surface area contributed by atoms with Gasteiger partial charge in [-0.05, 0) is 70.7 Å². The minimum absolute atomic E-state index is 0.152. The molecule has 0 bridgehead atoms. The van der Waals surface area contributed by atoms with E-state index in [1.165, 1.54) is 31.7 Å². The Bertz CT molecular complexity index is 1310. The molecule has 1 heterocycles. The largest absolute Gasteiger partial charge is 0.530 e. The molecule has 4 aromatic rings. The second-order valence-corrected chi connectivity index (χ2v) is 10.8. The van der Waals surface area contributed by atoms with Gasteiger partial charge in [-0.3, -0.25) is 0 Å². The van der Waals surface area contributed by atoms with Crippen LogP contribution >= 0.6 is 11.8 Å². The highest BCUT2D eigenvalue weighted by Gasteiger charge is 2.31. The number of thioether (sulfide) groups is 1. The molecule has 0 radical (unpaired) electrons. The Balaban J connectivity index is 1.21. The summed E-state index contributed by atoms with van der Waals surface area (Å²) >= 11 is 1.90. The van der Waals surface area contributed by atoms with Crippen molar-refractivity contribution in [3.8, 4) is 0 Å². The van der Waals surface area contributed by atoms with Crippen LogP contribution in [-0.4, -0.2) is 35.9 Å². The van der Waals surface area contributed by atoms with E-state index < -0.39 is 6.09 Å². The first kappa shape index (κ1) is 25.4.